The summed E-state index contributed by atoms with van der Waals surface area (Å²) in [5, 5.41) is 4.31. The molecule has 1 amide bonds. The fourth-order valence-electron chi connectivity index (χ4n) is 2.45. The predicted octanol–water partition coefficient (Wildman–Crippen LogP) is 2.53. The van der Waals surface area contributed by atoms with Gasteiger partial charge in [0.2, 0.25) is 0 Å². The van der Waals surface area contributed by atoms with E-state index in [4.69, 9.17) is 11.6 Å². The van der Waals surface area contributed by atoms with Crippen molar-refractivity contribution < 1.29 is 9.00 Å². The number of halogens is 1. The van der Waals surface area contributed by atoms with E-state index in [1.54, 1.807) is 6.07 Å². The van der Waals surface area contributed by atoms with Crippen LogP contribution in [-0.4, -0.2) is 32.6 Å². The molecule has 3 rings (SSSR count). The van der Waals surface area contributed by atoms with Gasteiger partial charge in [0.15, 0.2) is 0 Å². The molecule has 21 heavy (non-hydrogen) atoms. The molecular weight excluding hydrogens is 308 g/mol. The second kappa shape index (κ2) is 6.12. The lowest BCUT2D eigenvalue weighted by Gasteiger charge is -2.22. The summed E-state index contributed by atoms with van der Waals surface area (Å²) in [7, 11) is -0.730. The third-order valence-corrected chi connectivity index (χ3v) is 5.32. The van der Waals surface area contributed by atoms with Crippen LogP contribution in [0.4, 0.5) is 0 Å². The molecule has 0 spiro atoms. The number of para-hydroxylation sites is 1. The molecule has 1 aromatic heterocycles. The molecule has 2 heterocycles. The highest BCUT2D eigenvalue weighted by atomic mass is 35.5. The standard InChI is InChI=1S/C15H15ClN2O2S/c16-12-9-14(18-13-4-2-1-3-11(12)13)15(19)17-10-5-7-21(20)8-6-10/h1-4,9-10H,5-8H2,(H,17,19). The van der Waals surface area contributed by atoms with Gasteiger partial charge in [-0.05, 0) is 25.0 Å². The molecule has 2 aromatic rings. The first-order chi connectivity index (χ1) is 10.1. The van der Waals surface area contributed by atoms with Crippen LogP contribution in [0.5, 0.6) is 0 Å². The SMILES string of the molecule is O=C(NC1CCS(=O)CC1)c1cc(Cl)c2ccccc2n1. The van der Waals surface area contributed by atoms with Crippen molar-refractivity contribution in [3.63, 3.8) is 0 Å². The number of nitrogens with zero attached hydrogens (tertiary/aromatic N) is 1. The van der Waals surface area contributed by atoms with Crippen LogP contribution in [-0.2, 0) is 10.8 Å². The molecule has 1 saturated heterocycles. The minimum Gasteiger partial charge on any atom is -0.348 e. The monoisotopic (exact) mass is 322 g/mol. The number of benzene rings is 1. The maximum absolute atomic E-state index is 12.3. The highest BCUT2D eigenvalue weighted by molar-refractivity contribution is 7.85. The molecule has 0 unspecified atom stereocenters. The molecule has 0 aliphatic carbocycles. The molecule has 1 aliphatic heterocycles. The Labute approximate surface area is 130 Å². The molecule has 6 heteroatoms. The number of hydrogen-bond acceptors (Lipinski definition) is 3. The summed E-state index contributed by atoms with van der Waals surface area (Å²) >= 11 is 6.21. The quantitative estimate of drug-likeness (QED) is 0.924. The second-order valence-electron chi connectivity index (χ2n) is 5.10. The van der Waals surface area contributed by atoms with Gasteiger partial charge in [0.05, 0.1) is 10.5 Å². The van der Waals surface area contributed by atoms with Gasteiger partial charge in [-0.2, -0.15) is 0 Å². The first-order valence-electron chi connectivity index (χ1n) is 6.84. The maximum atomic E-state index is 12.3. The first-order valence-corrected chi connectivity index (χ1v) is 8.71. The Hall–Kier alpha value is -1.46. The van der Waals surface area contributed by atoms with Crippen LogP contribution >= 0.6 is 11.6 Å². The summed E-state index contributed by atoms with van der Waals surface area (Å²) in [6.45, 7) is 0. The fraction of sp³-hybridized carbons (Fsp3) is 0.333. The topological polar surface area (TPSA) is 59.1 Å². The van der Waals surface area contributed by atoms with Gasteiger partial charge in [-0.3, -0.25) is 9.00 Å². The normalized spacial score (nSPS) is 22.1. The molecular formula is C15H15ClN2O2S. The molecule has 1 aliphatic rings. The summed E-state index contributed by atoms with van der Waals surface area (Å²) in [5.74, 6) is 1.08. The van der Waals surface area contributed by atoms with Crippen molar-refractivity contribution in [3.8, 4) is 0 Å². The van der Waals surface area contributed by atoms with Gasteiger partial charge < -0.3 is 5.32 Å². The molecule has 1 fully saturated rings. The van der Waals surface area contributed by atoms with Crippen molar-refractivity contribution in [2.45, 2.75) is 18.9 Å². The van der Waals surface area contributed by atoms with Crippen LogP contribution in [0.15, 0.2) is 30.3 Å². The van der Waals surface area contributed by atoms with E-state index in [0.29, 0.717) is 27.7 Å². The minimum absolute atomic E-state index is 0.0715. The Morgan fingerprint density at radius 3 is 2.76 bits per heavy atom. The van der Waals surface area contributed by atoms with Crippen LogP contribution in [0.25, 0.3) is 10.9 Å². The Balaban J connectivity index is 1.80. The minimum atomic E-state index is -0.730. The molecule has 0 radical (unpaired) electrons. The average molecular weight is 323 g/mol. The van der Waals surface area contributed by atoms with Gasteiger partial charge in [-0.15, -0.1) is 0 Å². The van der Waals surface area contributed by atoms with Crippen molar-refractivity contribution in [1.29, 1.82) is 0 Å². The zero-order chi connectivity index (χ0) is 14.8. The molecule has 0 atom stereocenters. The van der Waals surface area contributed by atoms with Crippen molar-refractivity contribution in [2.75, 3.05) is 11.5 Å². The van der Waals surface area contributed by atoms with E-state index >= 15 is 0 Å². The number of fused-ring (bicyclic) bond motifs is 1. The number of pyridine rings is 1. The highest BCUT2D eigenvalue weighted by Gasteiger charge is 2.21. The van der Waals surface area contributed by atoms with Crippen LogP contribution in [0.3, 0.4) is 0 Å². The second-order valence-corrected chi connectivity index (χ2v) is 7.21. The van der Waals surface area contributed by atoms with E-state index in [9.17, 15) is 9.00 Å². The van der Waals surface area contributed by atoms with Crippen molar-refractivity contribution in [2.24, 2.45) is 0 Å². The van der Waals surface area contributed by atoms with Gasteiger partial charge in [-0.1, -0.05) is 29.8 Å². The predicted molar refractivity (Wildman–Crippen MR) is 85.1 cm³/mol. The summed E-state index contributed by atoms with van der Waals surface area (Å²) in [6, 6.07) is 9.13. The van der Waals surface area contributed by atoms with E-state index in [0.717, 1.165) is 18.2 Å². The zero-order valence-electron chi connectivity index (χ0n) is 11.3. The Bertz CT molecular complexity index is 710. The van der Waals surface area contributed by atoms with Gasteiger partial charge in [-0.25, -0.2) is 4.98 Å². The highest BCUT2D eigenvalue weighted by Crippen LogP contribution is 2.23. The molecule has 1 aromatic carbocycles. The van der Waals surface area contributed by atoms with E-state index in [1.807, 2.05) is 24.3 Å². The molecule has 4 nitrogen and oxygen atoms in total. The van der Waals surface area contributed by atoms with Crippen LogP contribution in [0.2, 0.25) is 5.02 Å². The third-order valence-electron chi connectivity index (χ3n) is 3.62. The number of amides is 1. The summed E-state index contributed by atoms with van der Waals surface area (Å²) < 4.78 is 11.3. The van der Waals surface area contributed by atoms with E-state index in [2.05, 4.69) is 10.3 Å². The Kier molecular flexibility index (Phi) is 4.22. The number of aromatic nitrogens is 1. The maximum Gasteiger partial charge on any atom is 0.270 e. The van der Waals surface area contributed by atoms with Crippen LogP contribution in [0, 0.1) is 0 Å². The molecule has 0 saturated carbocycles. The smallest absolute Gasteiger partial charge is 0.270 e. The third kappa shape index (κ3) is 3.24. The number of carbonyl (C=O) groups is 1. The number of nitrogens with one attached hydrogen (secondary N) is 1. The lowest BCUT2D eigenvalue weighted by Crippen LogP contribution is -2.39. The van der Waals surface area contributed by atoms with Gasteiger partial charge in [0.25, 0.3) is 5.91 Å². The molecule has 0 bridgehead atoms. The van der Waals surface area contributed by atoms with Gasteiger partial charge in [0, 0.05) is 33.7 Å². The lowest BCUT2D eigenvalue weighted by atomic mass is 10.1. The summed E-state index contributed by atoms with van der Waals surface area (Å²) in [6.07, 6.45) is 1.50. The van der Waals surface area contributed by atoms with Gasteiger partial charge in [0.1, 0.15) is 5.69 Å². The van der Waals surface area contributed by atoms with E-state index in [1.165, 1.54) is 0 Å². The summed E-state index contributed by atoms with van der Waals surface area (Å²) in [4.78, 5) is 16.6. The lowest BCUT2D eigenvalue weighted by molar-refractivity contribution is 0.0930. The van der Waals surface area contributed by atoms with Crippen LogP contribution < -0.4 is 5.32 Å². The zero-order valence-corrected chi connectivity index (χ0v) is 12.9. The van der Waals surface area contributed by atoms with Crippen LogP contribution in [0.1, 0.15) is 23.3 Å². The largest absolute Gasteiger partial charge is 0.348 e. The number of rotatable bonds is 2. The fourth-order valence-corrected chi connectivity index (χ4v) is 4.01. The Morgan fingerprint density at radius 1 is 1.29 bits per heavy atom. The molecule has 110 valence electrons. The van der Waals surface area contributed by atoms with Crippen molar-refractivity contribution in [3.05, 3.63) is 41.0 Å². The first kappa shape index (κ1) is 14.5. The van der Waals surface area contributed by atoms with Crippen molar-refractivity contribution >= 4 is 39.2 Å². The van der Waals surface area contributed by atoms with Crippen molar-refractivity contribution in [1.82, 2.24) is 10.3 Å². The molecule has 1 N–H and O–H groups in total. The summed E-state index contributed by atoms with van der Waals surface area (Å²) in [5.41, 5.74) is 1.03. The number of hydrogen-bond donors (Lipinski definition) is 1. The van der Waals surface area contributed by atoms with E-state index < -0.39 is 10.8 Å². The van der Waals surface area contributed by atoms with E-state index in [-0.39, 0.29) is 11.9 Å². The average Bonchev–Trinajstić information content (AvgIpc) is 2.49. The van der Waals surface area contributed by atoms with Gasteiger partial charge >= 0.3 is 0 Å². The number of carbonyl (C=O) groups excluding carboxylic acids is 1. The Morgan fingerprint density at radius 2 is 2.00 bits per heavy atom.